The zero-order valence-corrected chi connectivity index (χ0v) is 67.9. The van der Waals surface area contributed by atoms with Crippen LogP contribution in [0.15, 0.2) is 78.9 Å². The van der Waals surface area contributed by atoms with E-state index in [1.54, 1.807) is 48.6 Å². The number of carbonyl (C=O) groups is 4. The normalized spacial score (nSPS) is 18.5. The number of carboxylic acid groups (broad SMARTS) is 3. The largest absolute Gasteiger partial charge is 0.756 e. The predicted octanol–water partition coefficient (Wildman–Crippen LogP) is 7.59. The molecule has 2 atom stereocenters. The number of aliphatic carboxylic acids is 1. The molecule has 0 aliphatic carbocycles. The number of benzene rings is 6. The predicted molar refractivity (Wildman–Crippen MR) is 410 cm³/mol. The molecule has 30 nitrogen and oxygen atoms in total. The molecule has 616 valence electrons. The first-order chi connectivity index (χ1) is 53.8. The number of halogens is 4. The van der Waals surface area contributed by atoms with Gasteiger partial charge in [0.05, 0.1) is 82.6 Å². The van der Waals surface area contributed by atoms with Crippen molar-refractivity contribution in [2.75, 3.05) is 77.0 Å². The summed E-state index contributed by atoms with van der Waals surface area (Å²) in [6, 6.07) is 13.5. The van der Waals surface area contributed by atoms with Gasteiger partial charge in [-0.1, -0.05) is 18.2 Å². The zero-order chi connectivity index (χ0) is 84.9. The van der Waals surface area contributed by atoms with E-state index in [2.05, 4.69) is 9.48 Å². The number of phosphoric acid groups is 4. The van der Waals surface area contributed by atoms with Crippen molar-refractivity contribution in [1.82, 2.24) is 14.1 Å². The summed E-state index contributed by atoms with van der Waals surface area (Å²) in [5, 5.41) is 30.8. The van der Waals surface area contributed by atoms with Gasteiger partial charge >= 0.3 is 33.6 Å². The number of fused-ring (bicyclic) bond motifs is 8. The summed E-state index contributed by atoms with van der Waals surface area (Å²) in [7, 11) is -15.5. The monoisotopic (exact) mass is 1690 g/mol. The van der Waals surface area contributed by atoms with Gasteiger partial charge in [-0.15, -0.1) is 0 Å². The molecular weight excluding hydrogens is 1610 g/mol. The minimum absolute atomic E-state index is 0.0334. The van der Waals surface area contributed by atoms with Crippen LogP contribution >= 0.6 is 31.3 Å². The van der Waals surface area contributed by atoms with Crippen LogP contribution in [0, 0.1) is 23.3 Å². The Labute approximate surface area is 659 Å². The van der Waals surface area contributed by atoms with E-state index in [0.717, 1.165) is 11.0 Å². The molecule has 14 rings (SSSR count). The molecule has 0 radical (unpaired) electrons. The van der Waals surface area contributed by atoms with Crippen LogP contribution in [-0.4, -0.2) is 163 Å². The molecule has 6 aromatic rings. The van der Waals surface area contributed by atoms with Crippen molar-refractivity contribution in [3.8, 4) is 23.0 Å². The number of nitrogens with zero attached hydrogens (tertiary/aromatic N) is 5. The number of anilines is 2. The first kappa shape index (κ1) is 84.8. The van der Waals surface area contributed by atoms with Crippen molar-refractivity contribution in [2.24, 2.45) is 0 Å². The lowest BCUT2D eigenvalue weighted by atomic mass is 9.78. The van der Waals surface area contributed by atoms with Crippen LogP contribution in [0.4, 0.5) is 28.9 Å². The van der Waals surface area contributed by atoms with Crippen LogP contribution in [0.3, 0.4) is 0 Å². The van der Waals surface area contributed by atoms with E-state index in [1.165, 1.54) is 31.3 Å². The first-order valence-electron chi connectivity index (χ1n) is 36.3. The molecule has 6 aromatic carbocycles. The molecule has 0 aromatic heterocycles. The number of phosphoric ester groups is 4. The first-order valence-corrected chi connectivity index (χ1v) is 42.3. The zero-order valence-electron chi connectivity index (χ0n) is 64.3. The smallest absolute Gasteiger partial charge is 0.469 e. The molecular formula is C78H81F4N5O25P4. The van der Waals surface area contributed by atoms with Crippen LogP contribution in [0.1, 0.15) is 168 Å². The van der Waals surface area contributed by atoms with Crippen molar-refractivity contribution >= 4 is 99.9 Å². The SMILES string of the molecule is CN(CCCC(=O)O)C(=O)c1c(F)c(F)c(F)c(F)c1C1=c2cc3c4c(c2Oc2c1cc1c5c2CCCN5C(C)(C)C=C1COP(=O)(O)O)CCC[N+]=4C(C)(C)C=C3COP(=O)([O-])O.CN1c2cc3c(cc2C(COP(=O)(O)O)=CC1(C)C)C(c1ccc(C(=O)O)cc1C(=O)O)=c1cc2c(cc1O3)=[N+](C)C(C)(C)C=C2COP(=O)([O-])O. The van der Waals surface area contributed by atoms with Gasteiger partial charge in [-0.3, -0.25) is 27.8 Å². The minimum Gasteiger partial charge on any atom is -0.756 e. The van der Waals surface area contributed by atoms with Crippen molar-refractivity contribution in [1.29, 1.82) is 0 Å². The summed E-state index contributed by atoms with van der Waals surface area (Å²) in [5.41, 5.74) is 0.192. The third kappa shape index (κ3) is 16.0. The number of aromatic carboxylic acids is 2. The number of hydrogen-bond donors (Lipinski definition) is 9. The Kier molecular flexibility index (Phi) is 21.9. The van der Waals surface area contributed by atoms with Crippen LogP contribution in [-0.2, 0) is 54.0 Å². The van der Waals surface area contributed by atoms with E-state index in [1.807, 2.05) is 79.0 Å². The van der Waals surface area contributed by atoms with Gasteiger partial charge in [-0.25, -0.2) is 45.4 Å². The summed E-state index contributed by atoms with van der Waals surface area (Å²) < 4.78 is 150. The third-order valence-electron chi connectivity index (χ3n) is 22.2. The van der Waals surface area contributed by atoms with Gasteiger partial charge in [-0.05, 0) is 130 Å². The summed E-state index contributed by atoms with van der Waals surface area (Å²) in [5.74, 6) is -12.9. The molecule has 38 heteroatoms. The maximum absolute atomic E-state index is 17.2. The Balaban J connectivity index is 0.000000206. The Morgan fingerprint density at radius 1 is 0.586 bits per heavy atom. The van der Waals surface area contributed by atoms with Gasteiger partial charge in [0.15, 0.2) is 34.3 Å². The Morgan fingerprint density at radius 3 is 1.77 bits per heavy atom. The van der Waals surface area contributed by atoms with Crippen molar-refractivity contribution in [3.63, 3.8) is 0 Å². The summed E-state index contributed by atoms with van der Waals surface area (Å²) in [6.07, 6.45) is 8.28. The van der Waals surface area contributed by atoms with E-state index in [9.17, 15) is 91.9 Å². The van der Waals surface area contributed by atoms with E-state index in [4.69, 9.17) is 27.6 Å². The number of amides is 1. The van der Waals surface area contributed by atoms with Gasteiger partial charge in [0.1, 0.15) is 36.6 Å². The molecule has 1 amide bonds. The standard InChI is InChI=1S/C43H45F4N3O12P2.C35H36N2O13P2/c1-42(2)17-21(19-60-63(54,55)56)25-15-27-30(31-32(34(45)36(47)35(46)33(31)44)41(53)48(5)12-8-11-29(51)52)28-16-26-22(20-61-64(57,58)59)18-43(3,4)50-14-7-10-24(38(26)50)40(28)62-39(27)23-9-6-13-49(42)37(23)25;1-34(2)14-19(16-48-51(42,43)44)22-10-25-29(12-27(22)36(34)5)50-30-13-28-23(20(17-49-52(45,46)47)15-35(3,4)37(28)6)11-26(30)31(25)21-8-7-18(32(38)39)9-24(21)33(40)41/h15-18H,6-14,19-20H2,1-5H3,(H4-,51,52,54,55,56,57,58,59);7-15H,16-17H2,1-6H3,(H5-,38,39,40,41,42,43,44,45,46,47). The molecule has 2 unspecified atom stereocenters. The lowest BCUT2D eigenvalue weighted by Crippen LogP contribution is -2.53. The Bertz CT molecular complexity index is 5990. The number of rotatable bonds is 21. The van der Waals surface area contributed by atoms with Crippen LogP contribution in [0.25, 0.3) is 33.4 Å². The lowest BCUT2D eigenvalue weighted by Gasteiger charge is -2.47. The maximum Gasteiger partial charge on any atom is 0.469 e. The lowest BCUT2D eigenvalue weighted by molar-refractivity contribution is -0.220. The minimum atomic E-state index is -5.29. The molecule has 0 saturated heterocycles. The van der Waals surface area contributed by atoms with Crippen LogP contribution in [0.2, 0.25) is 0 Å². The molecule has 0 fully saturated rings. The second-order valence-corrected chi connectivity index (χ2v) is 36.3. The third-order valence-corrected chi connectivity index (χ3v) is 24.0. The van der Waals surface area contributed by atoms with Gasteiger partial charge < -0.3 is 87.7 Å². The highest BCUT2D eigenvalue weighted by molar-refractivity contribution is 7.46. The molecule has 8 aliphatic rings. The number of carboxylic acids is 3. The number of likely N-dealkylation sites (N-methyl/N-ethyl adjacent to an activating group) is 2. The molecule has 9 N–H and O–H groups in total. The second-order valence-electron chi connectivity index (χ2n) is 31.5. The van der Waals surface area contributed by atoms with Crippen LogP contribution in [0.5, 0.6) is 23.0 Å². The molecule has 0 spiro atoms. The average molecular weight is 1690 g/mol. The number of ether oxygens (including phenoxy) is 2. The Morgan fingerprint density at radius 2 is 1.16 bits per heavy atom. The van der Waals surface area contributed by atoms with Crippen molar-refractivity contribution in [2.45, 2.75) is 116 Å². The fourth-order valence-corrected chi connectivity index (χ4v) is 17.8. The fraction of sp³-hybridized carbons (Fsp3) is 0.359. The van der Waals surface area contributed by atoms with E-state index in [0.29, 0.717) is 133 Å². The Hall–Kier alpha value is -9.14. The quantitative estimate of drug-likeness (QED) is 0.0110. The summed E-state index contributed by atoms with van der Waals surface area (Å²) >= 11 is 0. The van der Waals surface area contributed by atoms with E-state index < -0.39 is 145 Å². The topological polar surface area (TPSA) is 436 Å². The molecule has 116 heavy (non-hydrogen) atoms. The molecule has 0 saturated carbocycles. The van der Waals surface area contributed by atoms with Gasteiger partial charge in [0, 0.05) is 134 Å². The highest BCUT2D eigenvalue weighted by atomic mass is 31.2. The van der Waals surface area contributed by atoms with Crippen LogP contribution < -0.4 is 59.4 Å². The number of hydrogen-bond acceptors (Lipinski definition) is 18. The highest BCUT2D eigenvalue weighted by Crippen LogP contribution is 2.55. The molecule has 8 heterocycles. The summed E-state index contributed by atoms with van der Waals surface area (Å²) in [4.78, 5) is 136. The average Bonchev–Trinajstić information content (AvgIpc) is 0.694. The van der Waals surface area contributed by atoms with E-state index >= 15 is 17.6 Å². The highest BCUT2D eigenvalue weighted by Gasteiger charge is 2.47. The van der Waals surface area contributed by atoms with Crippen molar-refractivity contribution in [3.05, 3.63) is 196 Å². The van der Waals surface area contributed by atoms with Gasteiger partial charge in [0.2, 0.25) is 10.7 Å². The number of carbonyl (C=O) groups excluding carboxylic acids is 1. The van der Waals surface area contributed by atoms with Gasteiger partial charge in [0.25, 0.3) is 21.6 Å². The maximum atomic E-state index is 17.2. The van der Waals surface area contributed by atoms with E-state index in [-0.39, 0.29) is 68.7 Å². The molecule has 0 bridgehead atoms. The van der Waals surface area contributed by atoms with Crippen molar-refractivity contribution < 1.29 is 137 Å². The summed E-state index contributed by atoms with van der Waals surface area (Å²) in [6.45, 7) is 13.7. The molecule has 8 aliphatic heterocycles. The second kappa shape index (κ2) is 30.0. The fourth-order valence-electron chi connectivity index (χ4n) is 16.6. The van der Waals surface area contributed by atoms with Gasteiger partial charge in [-0.2, -0.15) is 0 Å².